The van der Waals surface area contributed by atoms with E-state index in [1.807, 2.05) is 30.3 Å². The second kappa shape index (κ2) is 11.7. The van der Waals surface area contributed by atoms with Crippen molar-refractivity contribution in [1.82, 2.24) is 0 Å². The van der Waals surface area contributed by atoms with Crippen LogP contribution in [0.4, 0.5) is 0 Å². The van der Waals surface area contributed by atoms with Gasteiger partial charge in [-0.1, -0.05) is 95.9 Å². The molecule has 0 saturated heterocycles. The molecule has 0 unspecified atom stereocenters. The lowest BCUT2D eigenvalue weighted by Crippen LogP contribution is -2.51. The van der Waals surface area contributed by atoms with Gasteiger partial charge < -0.3 is 10.5 Å². The van der Waals surface area contributed by atoms with E-state index < -0.39 is 6.04 Å². The molecule has 4 aliphatic carbocycles. The van der Waals surface area contributed by atoms with Gasteiger partial charge in [-0.25, -0.2) is 0 Å². The van der Waals surface area contributed by atoms with E-state index in [0.717, 1.165) is 60.3 Å². The van der Waals surface area contributed by atoms with E-state index in [1.165, 1.54) is 51.4 Å². The number of rotatable bonds is 9. The Hall–Kier alpha value is -1.61. The van der Waals surface area contributed by atoms with Crippen LogP contribution < -0.4 is 5.73 Å². The van der Waals surface area contributed by atoms with E-state index in [0.29, 0.717) is 11.8 Å². The molecule has 0 aliphatic heterocycles. The highest BCUT2D eigenvalue weighted by molar-refractivity contribution is 5.76. The number of hydrogen-bond donors (Lipinski definition) is 1. The first-order valence-corrected chi connectivity index (χ1v) is 16.3. The van der Waals surface area contributed by atoms with Crippen molar-refractivity contribution in [2.75, 3.05) is 0 Å². The van der Waals surface area contributed by atoms with Gasteiger partial charge in [0.05, 0.1) is 0 Å². The first-order chi connectivity index (χ1) is 18.6. The van der Waals surface area contributed by atoms with Crippen LogP contribution in [0.3, 0.4) is 0 Å². The van der Waals surface area contributed by atoms with E-state index in [9.17, 15) is 4.79 Å². The Bertz CT molecular complexity index is 1020. The molecule has 0 amide bonds. The minimum Gasteiger partial charge on any atom is -0.461 e. The van der Waals surface area contributed by atoms with Crippen LogP contribution in [0.1, 0.15) is 111 Å². The van der Waals surface area contributed by atoms with Crippen molar-refractivity contribution in [3.63, 3.8) is 0 Å². The standard InChI is InChI=1S/C36H55NO2/c1-24(2)10-9-11-25(3)30-16-17-31-29-15-14-27-23-28(18-20-35(27,4)32(29)19-21-36(30,31)5)39-34(38)33(37)22-26-12-7-6-8-13-26/h6-8,12-14,24-25,28-33H,9-11,15-23,37H2,1-5H3/t25-,28+,29+,30-,31+,32+,33+,35+,36-/m1/s1. The zero-order chi connectivity index (χ0) is 27.8. The van der Waals surface area contributed by atoms with Gasteiger partial charge in [0.15, 0.2) is 0 Å². The molecule has 9 atom stereocenters. The van der Waals surface area contributed by atoms with E-state index in [2.05, 4.69) is 40.7 Å². The molecule has 0 heterocycles. The van der Waals surface area contributed by atoms with Gasteiger partial charge in [0.25, 0.3) is 0 Å². The summed E-state index contributed by atoms with van der Waals surface area (Å²) in [6.07, 6.45) is 17.2. The summed E-state index contributed by atoms with van der Waals surface area (Å²) in [5.74, 6) is 4.87. The highest BCUT2D eigenvalue weighted by atomic mass is 16.5. The summed E-state index contributed by atoms with van der Waals surface area (Å²) in [5, 5.41) is 0. The maximum absolute atomic E-state index is 12.9. The average Bonchev–Trinajstić information content (AvgIpc) is 3.26. The number of hydrogen-bond acceptors (Lipinski definition) is 3. The molecule has 4 aliphatic rings. The minimum absolute atomic E-state index is 0.0217. The second-order valence-electron chi connectivity index (χ2n) is 14.9. The number of fused-ring (bicyclic) bond motifs is 5. The van der Waals surface area contributed by atoms with E-state index in [1.54, 1.807) is 5.57 Å². The van der Waals surface area contributed by atoms with Crippen molar-refractivity contribution in [3.8, 4) is 0 Å². The summed E-state index contributed by atoms with van der Waals surface area (Å²) in [6.45, 7) is 12.5. The van der Waals surface area contributed by atoms with Crippen molar-refractivity contribution >= 4 is 5.97 Å². The molecule has 5 rings (SSSR count). The topological polar surface area (TPSA) is 52.3 Å². The number of allylic oxidation sites excluding steroid dienone is 1. The Morgan fingerprint density at radius 1 is 1.00 bits per heavy atom. The van der Waals surface area contributed by atoms with Gasteiger partial charge in [-0.05, 0) is 103 Å². The predicted octanol–water partition coefficient (Wildman–Crippen LogP) is 8.51. The highest BCUT2D eigenvalue weighted by Gasteiger charge is 2.59. The van der Waals surface area contributed by atoms with Crippen molar-refractivity contribution in [2.45, 2.75) is 124 Å². The molecule has 3 fully saturated rings. The van der Waals surface area contributed by atoms with Crippen molar-refractivity contribution in [1.29, 1.82) is 0 Å². The highest BCUT2D eigenvalue weighted by Crippen LogP contribution is 2.67. The molecule has 0 radical (unpaired) electrons. The monoisotopic (exact) mass is 533 g/mol. The number of carbonyl (C=O) groups excluding carboxylic acids is 1. The fraction of sp³-hybridized carbons (Fsp3) is 0.750. The molecule has 1 aromatic rings. The first kappa shape index (κ1) is 28.9. The third-order valence-corrected chi connectivity index (χ3v) is 12.1. The summed E-state index contributed by atoms with van der Waals surface area (Å²) >= 11 is 0. The largest absolute Gasteiger partial charge is 0.461 e. The fourth-order valence-electron chi connectivity index (χ4n) is 9.96. The van der Waals surface area contributed by atoms with Crippen LogP contribution in [0.25, 0.3) is 0 Å². The number of ether oxygens (including phenoxy) is 1. The molecular weight excluding hydrogens is 478 g/mol. The van der Waals surface area contributed by atoms with E-state index in [-0.39, 0.29) is 17.5 Å². The normalized spacial score (nSPS) is 37.3. The minimum atomic E-state index is -0.593. The Morgan fingerprint density at radius 2 is 1.77 bits per heavy atom. The van der Waals surface area contributed by atoms with E-state index >= 15 is 0 Å². The van der Waals surface area contributed by atoms with Crippen molar-refractivity contribution in [2.24, 2.45) is 52.1 Å². The first-order valence-electron chi connectivity index (χ1n) is 16.3. The molecule has 3 nitrogen and oxygen atoms in total. The van der Waals surface area contributed by atoms with E-state index in [4.69, 9.17) is 10.5 Å². The van der Waals surface area contributed by atoms with Crippen LogP contribution in [0.15, 0.2) is 42.0 Å². The molecule has 3 heteroatoms. The smallest absolute Gasteiger partial charge is 0.323 e. The van der Waals surface area contributed by atoms with Gasteiger partial charge in [-0.2, -0.15) is 0 Å². The number of benzene rings is 1. The Morgan fingerprint density at radius 3 is 2.51 bits per heavy atom. The zero-order valence-corrected chi connectivity index (χ0v) is 25.5. The molecule has 0 spiro atoms. The lowest BCUT2D eigenvalue weighted by atomic mass is 9.47. The van der Waals surface area contributed by atoms with Gasteiger partial charge in [-0.15, -0.1) is 0 Å². The van der Waals surface area contributed by atoms with Gasteiger partial charge >= 0.3 is 5.97 Å². The van der Waals surface area contributed by atoms with Crippen LogP contribution in [0.5, 0.6) is 0 Å². The maximum atomic E-state index is 12.9. The third-order valence-electron chi connectivity index (χ3n) is 12.1. The summed E-state index contributed by atoms with van der Waals surface area (Å²) < 4.78 is 6.02. The predicted molar refractivity (Wildman–Crippen MR) is 161 cm³/mol. The molecule has 2 N–H and O–H groups in total. The molecule has 39 heavy (non-hydrogen) atoms. The number of nitrogens with two attached hydrogens (primary N) is 1. The molecule has 3 saturated carbocycles. The Kier molecular flexibility index (Phi) is 8.68. The van der Waals surface area contributed by atoms with Crippen LogP contribution in [0.2, 0.25) is 0 Å². The van der Waals surface area contributed by atoms with Crippen LogP contribution in [-0.4, -0.2) is 18.1 Å². The van der Waals surface area contributed by atoms with Crippen molar-refractivity contribution in [3.05, 3.63) is 47.5 Å². The van der Waals surface area contributed by atoms with Gasteiger partial charge in [0, 0.05) is 6.42 Å². The Balaban J connectivity index is 1.21. The number of carbonyl (C=O) groups is 1. The molecular formula is C36H55NO2. The molecule has 0 aromatic heterocycles. The van der Waals surface area contributed by atoms with Gasteiger partial charge in [-0.3, -0.25) is 4.79 Å². The lowest BCUT2D eigenvalue weighted by molar-refractivity contribution is -0.153. The zero-order valence-electron chi connectivity index (χ0n) is 25.5. The molecule has 0 bridgehead atoms. The van der Waals surface area contributed by atoms with Crippen LogP contribution in [-0.2, 0) is 16.0 Å². The fourth-order valence-corrected chi connectivity index (χ4v) is 9.96. The summed E-state index contributed by atoms with van der Waals surface area (Å²) in [4.78, 5) is 12.9. The lowest BCUT2D eigenvalue weighted by Gasteiger charge is -2.58. The SMILES string of the molecule is CC(C)CCC[C@@H](C)[C@H]1CC[C@H]2[C@@H]3CC=C4C[C@@H](OC(=O)[C@@H](N)Cc5ccccc5)CC[C@]4(C)[C@H]3CC[C@]12C. The van der Waals surface area contributed by atoms with Crippen LogP contribution in [0, 0.1) is 46.3 Å². The van der Waals surface area contributed by atoms with Gasteiger partial charge in [0.1, 0.15) is 12.1 Å². The molecule has 1 aromatic carbocycles. The average molecular weight is 534 g/mol. The number of esters is 1. The maximum Gasteiger partial charge on any atom is 0.323 e. The summed E-state index contributed by atoms with van der Waals surface area (Å²) in [6, 6.07) is 9.43. The van der Waals surface area contributed by atoms with Crippen molar-refractivity contribution < 1.29 is 9.53 Å². The second-order valence-corrected chi connectivity index (χ2v) is 14.9. The van der Waals surface area contributed by atoms with Gasteiger partial charge in [0.2, 0.25) is 0 Å². The third kappa shape index (κ3) is 5.77. The quantitative estimate of drug-likeness (QED) is 0.256. The Labute approximate surface area is 238 Å². The summed E-state index contributed by atoms with van der Waals surface area (Å²) in [7, 11) is 0. The molecule has 216 valence electrons. The summed E-state index contributed by atoms with van der Waals surface area (Å²) in [5.41, 5.74) is 9.72. The van der Waals surface area contributed by atoms with Crippen LogP contribution >= 0.6 is 0 Å².